The predicted octanol–water partition coefficient (Wildman–Crippen LogP) is 1.56. The van der Waals surface area contributed by atoms with Crippen LogP contribution in [0.2, 0.25) is 0 Å². The molecule has 0 radical (unpaired) electrons. The zero-order chi connectivity index (χ0) is 19.5. The van der Waals surface area contributed by atoms with Crippen molar-refractivity contribution < 1.29 is 22.7 Å². The Morgan fingerprint density at radius 2 is 1.73 bits per heavy atom. The van der Waals surface area contributed by atoms with Crippen LogP contribution in [0.25, 0.3) is 0 Å². The number of rotatable bonds is 5. The van der Waals surface area contributed by atoms with Crippen LogP contribution in [0.4, 0.5) is 5.69 Å². The number of hydrogen-bond donors (Lipinski definition) is 0. The molecule has 0 spiro atoms. The first-order valence-corrected chi connectivity index (χ1v) is 10.4. The number of esters is 1. The van der Waals surface area contributed by atoms with Gasteiger partial charge in [-0.1, -0.05) is 17.7 Å². The van der Waals surface area contributed by atoms with Gasteiger partial charge in [-0.25, -0.2) is 8.42 Å². The average molecular weight is 382 g/mol. The number of carbonyl (C=O) groups excluding carboxylic acids is 2. The molecule has 0 saturated carbocycles. The fourth-order valence-corrected chi connectivity index (χ4v) is 4.43. The molecule has 0 bridgehead atoms. The number of carbonyl (C=O) groups is 2. The van der Waals surface area contributed by atoms with Gasteiger partial charge in [0.2, 0.25) is 15.9 Å². The summed E-state index contributed by atoms with van der Waals surface area (Å²) >= 11 is 0. The third-order valence-corrected chi connectivity index (χ3v) is 5.94. The minimum absolute atomic E-state index is 0.206. The Morgan fingerprint density at radius 3 is 2.19 bits per heavy atom. The molecule has 1 heterocycles. The zero-order valence-electron chi connectivity index (χ0n) is 15.6. The lowest BCUT2D eigenvalue weighted by atomic mass is 9.96. The maximum absolute atomic E-state index is 12.9. The molecule has 1 saturated heterocycles. The number of ether oxygens (including phenoxy) is 1. The monoisotopic (exact) mass is 382 g/mol. The largest absolute Gasteiger partial charge is 0.469 e. The average Bonchev–Trinajstić information content (AvgIpc) is 2.61. The summed E-state index contributed by atoms with van der Waals surface area (Å²) in [5, 5.41) is 0. The van der Waals surface area contributed by atoms with E-state index in [-0.39, 0.29) is 17.8 Å². The van der Waals surface area contributed by atoms with Gasteiger partial charge in [-0.3, -0.25) is 13.9 Å². The minimum atomic E-state index is -3.63. The second kappa shape index (κ2) is 8.07. The fourth-order valence-electron chi connectivity index (χ4n) is 3.26. The topological polar surface area (TPSA) is 84.0 Å². The van der Waals surface area contributed by atoms with Gasteiger partial charge in [0.05, 0.1) is 25.0 Å². The highest BCUT2D eigenvalue weighted by atomic mass is 32.2. The van der Waals surface area contributed by atoms with Crippen LogP contribution in [0.3, 0.4) is 0 Å². The highest BCUT2D eigenvalue weighted by molar-refractivity contribution is 7.92. The summed E-state index contributed by atoms with van der Waals surface area (Å²) in [7, 11) is -2.28. The standard InChI is InChI=1S/C18H26N2O5S/c1-13-5-7-16(8-6-13)20(26(4,23)24)14(2)17(21)19-11-9-15(10-12-19)18(22)25-3/h5-8,14-15H,9-12H2,1-4H3. The summed E-state index contributed by atoms with van der Waals surface area (Å²) in [4.78, 5) is 26.1. The summed E-state index contributed by atoms with van der Waals surface area (Å²) in [5.41, 5.74) is 1.47. The van der Waals surface area contributed by atoms with Crippen molar-refractivity contribution in [3.8, 4) is 0 Å². The number of sulfonamides is 1. The van der Waals surface area contributed by atoms with Crippen molar-refractivity contribution in [1.82, 2.24) is 4.90 Å². The molecule has 1 aliphatic rings. The number of anilines is 1. The van der Waals surface area contributed by atoms with Crippen molar-refractivity contribution in [3.63, 3.8) is 0 Å². The van der Waals surface area contributed by atoms with E-state index in [2.05, 4.69) is 0 Å². The van der Waals surface area contributed by atoms with Crippen LogP contribution < -0.4 is 4.31 Å². The van der Waals surface area contributed by atoms with Crippen LogP contribution in [0.1, 0.15) is 25.3 Å². The second-order valence-corrected chi connectivity index (χ2v) is 8.55. The minimum Gasteiger partial charge on any atom is -0.469 e. The molecule has 2 rings (SSSR count). The van der Waals surface area contributed by atoms with E-state index in [1.807, 2.05) is 19.1 Å². The third kappa shape index (κ3) is 4.55. The molecule has 1 fully saturated rings. The number of amides is 1. The van der Waals surface area contributed by atoms with Crippen LogP contribution in [-0.4, -0.2) is 57.7 Å². The summed E-state index contributed by atoms with van der Waals surface area (Å²) in [6.07, 6.45) is 2.14. The molecule has 26 heavy (non-hydrogen) atoms. The maximum Gasteiger partial charge on any atom is 0.308 e. The van der Waals surface area contributed by atoms with Gasteiger partial charge >= 0.3 is 5.97 Å². The first-order chi connectivity index (χ1) is 12.1. The Bertz CT molecular complexity index is 752. The van der Waals surface area contributed by atoms with Crippen molar-refractivity contribution in [2.45, 2.75) is 32.7 Å². The van der Waals surface area contributed by atoms with Gasteiger partial charge in [0.15, 0.2) is 0 Å². The number of benzene rings is 1. The lowest BCUT2D eigenvalue weighted by Gasteiger charge is -2.36. The number of hydrogen-bond acceptors (Lipinski definition) is 5. The summed E-state index contributed by atoms with van der Waals surface area (Å²) in [5.74, 6) is -0.732. The van der Waals surface area contributed by atoms with Crippen molar-refractivity contribution in [2.75, 3.05) is 30.8 Å². The van der Waals surface area contributed by atoms with E-state index < -0.39 is 16.1 Å². The molecule has 0 aromatic heterocycles. The van der Waals surface area contributed by atoms with Crippen molar-refractivity contribution in [3.05, 3.63) is 29.8 Å². The number of likely N-dealkylation sites (tertiary alicyclic amines) is 1. The van der Waals surface area contributed by atoms with Gasteiger partial charge in [0.25, 0.3) is 0 Å². The van der Waals surface area contributed by atoms with E-state index in [9.17, 15) is 18.0 Å². The van der Waals surface area contributed by atoms with E-state index in [0.717, 1.165) is 16.1 Å². The molecule has 1 aromatic rings. The fraction of sp³-hybridized carbons (Fsp3) is 0.556. The highest BCUT2D eigenvalue weighted by Gasteiger charge is 2.34. The lowest BCUT2D eigenvalue weighted by molar-refractivity contribution is -0.149. The first-order valence-electron chi connectivity index (χ1n) is 8.58. The molecule has 0 aliphatic carbocycles. The van der Waals surface area contributed by atoms with E-state index in [4.69, 9.17) is 4.74 Å². The Balaban J connectivity index is 2.16. The van der Waals surface area contributed by atoms with Gasteiger partial charge in [-0.05, 0) is 38.8 Å². The van der Waals surface area contributed by atoms with Gasteiger partial charge in [-0.15, -0.1) is 0 Å². The van der Waals surface area contributed by atoms with Gasteiger partial charge in [0, 0.05) is 13.1 Å². The van der Waals surface area contributed by atoms with Crippen molar-refractivity contribution >= 4 is 27.6 Å². The Morgan fingerprint density at radius 1 is 1.19 bits per heavy atom. The van der Waals surface area contributed by atoms with Crippen LogP contribution in [0.15, 0.2) is 24.3 Å². The van der Waals surface area contributed by atoms with E-state index >= 15 is 0 Å². The summed E-state index contributed by atoms with van der Waals surface area (Å²) < 4.78 is 30.5. The van der Waals surface area contributed by atoms with E-state index in [1.54, 1.807) is 24.0 Å². The molecule has 0 N–H and O–H groups in total. The zero-order valence-corrected chi connectivity index (χ0v) is 16.5. The van der Waals surface area contributed by atoms with Crippen molar-refractivity contribution in [1.29, 1.82) is 0 Å². The molecular weight excluding hydrogens is 356 g/mol. The van der Waals surface area contributed by atoms with E-state index in [0.29, 0.717) is 31.6 Å². The number of nitrogens with zero attached hydrogens (tertiary/aromatic N) is 2. The molecule has 144 valence electrons. The van der Waals surface area contributed by atoms with Crippen LogP contribution in [-0.2, 0) is 24.3 Å². The highest BCUT2D eigenvalue weighted by Crippen LogP contribution is 2.24. The van der Waals surface area contributed by atoms with E-state index in [1.165, 1.54) is 7.11 Å². The van der Waals surface area contributed by atoms with Crippen LogP contribution >= 0.6 is 0 Å². The van der Waals surface area contributed by atoms with Crippen LogP contribution in [0, 0.1) is 12.8 Å². The SMILES string of the molecule is COC(=O)C1CCN(C(=O)C(C)N(c2ccc(C)cc2)S(C)(=O)=O)CC1. The Labute approximate surface area is 155 Å². The lowest BCUT2D eigenvalue weighted by Crippen LogP contribution is -2.51. The molecule has 1 amide bonds. The predicted molar refractivity (Wildman–Crippen MR) is 99.3 cm³/mol. The third-order valence-electron chi connectivity index (χ3n) is 4.70. The maximum atomic E-state index is 12.9. The molecule has 1 aromatic carbocycles. The normalized spacial score (nSPS) is 16.8. The van der Waals surface area contributed by atoms with Crippen LogP contribution in [0.5, 0.6) is 0 Å². The number of aryl methyl sites for hydroxylation is 1. The number of methoxy groups -OCH3 is 1. The summed E-state index contributed by atoms with van der Waals surface area (Å²) in [6.45, 7) is 4.33. The van der Waals surface area contributed by atoms with Crippen molar-refractivity contribution in [2.24, 2.45) is 5.92 Å². The Kier molecular flexibility index (Phi) is 6.28. The molecule has 1 unspecified atom stereocenters. The smallest absolute Gasteiger partial charge is 0.308 e. The van der Waals surface area contributed by atoms with Gasteiger partial charge in [-0.2, -0.15) is 0 Å². The second-order valence-electron chi connectivity index (χ2n) is 6.69. The first kappa shape index (κ1) is 20.2. The Hall–Kier alpha value is -2.09. The summed E-state index contributed by atoms with van der Waals surface area (Å²) in [6, 6.07) is 6.16. The quantitative estimate of drug-likeness (QED) is 0.722. The molecule has 1 aliphatic heterocycles. The number of piperidine rings is 1. The molecule has 8 heteroatoms. The van der Waals surface area contributed by atoms with Gasteiger partial charge in [0.1, 0.15) is 6.04 Å². The molecule has 1 atom stereocenters. The van der Waals surface area contributed by atoms with Gasteiger partial charge < -0.3 is 9.64 Å². The molecule has 7 nitrogen and oxygen atoms in total. The molecular formula is C18H26N2O5S.